The number of nitrogens with one attached hydrogen (secondary N) is 2. The van der Waals surface area contributed by atoms with E-state index < -0.39 is 23.7 Å². The Labute approximate surface area is 171 Å². The van der Waals surface area contributed by atoms with E-state index in [1.54, 1.807) is 12.1 Å². The number of H-pyrrole nitrogens is 1. The number of hydrogen-bond donors (Lipinski definition) is 3. The molecule has 1 fully saturated rings. The molecule has 0 atom stereocenters. The topological polar surface area (TPSA) is 118 Å². The molecule has 8 nitrogen and oxygen atoms in total. The molecule has 0 amide bonds. The molecule has 152 valence electrons. The Bertz CT molecular complexity index is 1200. The lowest BCUT2D eigenvalue weighted by Gasteiger charge is -2.29. The lowest BCUT2D eigenvalue weighted by Crippen LogP contribution is -2.42. The van der Waals surface area contributed by atoms with Gasteiger partial charge < -0.3 is 24.9 Å². The minimum Gasteiger partial charge on any atom is -0.478 e. The summed E-state index contributed by atoms with van der Waals surface area (Å²) in [6.45, 7) is 2.89. The first-order valence-electron chi connectivity index (χ1n) is 9.12. The van der Waals surface area contributed by atoms with E-state index in [0.717, 1.165) is 28.2 Å². The van der Waals surface area contributed by atoms with Crippen LogP contribution >= 0.6 is 0 Å². The van der Waals surface area contributed by atoms with E-state index in [9.17, 15) is 19.5 Å². The average molecular weight is 406 g/mol. The number of rotatable bonds is 4. The minimum atomic E-state index is -1.35. The number of carbonyl (C=O) groups excluding carboxylic acids is 2. The van der Waals surface area contributed by atoms with Crippen molar-refractivity contribution in [2.45, 2.75) is 19.6 Å². The Kier molecular flexibility index (Phi) is 4.54. The summed E-state index contributed by atoms with van der Waals surface area (Å²) in [5, 5.41) is 13.3. The van der Waals surface area contributed by atoms with Crippen LogP contribution < -0.4 is 5.32 Å². The third-order valence-electron chi connectivity index (χ3n) is 4.64. The number of aromatic carboxylic acids is 1. The first-order valence-corrected chi connectivity index (χ1v) is 9.12. The van der Waals surface area contributed by atoms with E-state index in [4.69, 9.17) is 9.47 Å². The largest absolute Gasteiger partial charge is 0.478 e. The van der Waals surface area contributed by atoms with Crippen molar-refractivity contribution in [1.82, 2.24) is 4.98 Å². The molecule has 1 aromatic heterocycles. The molecular weight excluding hydrogens is 388 g/mol. The maximum atomic E-state index is 12.1. The summed E-state index contributed by atoms with van der Waals surface area (Å²) in [4.78, 5) is 39.0. The van der Waals surface area contributed by atoms with Gasteiger partial charge in [-0.1, -0.05) is 18.2 Å². The van der Waals surface area contributed by atoms with E-state index in [1.165, 1.54) is 19.9 Å². The van der Waals surface area contributed by atoms with Crippen molar-refractivity contribution in [1.29, 1.82) is 0 Å². The molecule has 0 spiro atoms. The third kappa shape index (κ3) is 3.50. The summed E-state index contributed by atoms with van der Waals surface area (Å²) < 4.78 is 10.1. The Morgan fingerprint density at radius 1 is 1.10 bits per heavy atom. The van der Waals surface area contributed by atoms with E-state index in [1.807, 2.05) is 30.5 Å². The van der Waals surface area contributed by atoms with Gasteiger partial charge in [-0.25, -0.2) is 14.4 Å². The van der Waals surface area contributed by atoms with Crippen LogP contribution in [0.15, 0.2) is 60.4 Å². The maximum Gasteiger partial charge on any atom is 0.350 e. The molecule has 0 unspecified atom stereocenters. The zero-order chi connectivity index (χ0) is 21.5. The van der Waals surface area contributed by atoms with Gasteiger partial charge in [0.25, 0.3) is 5.79 Å². The summed E-state index contributed by atoms with van der Waals surface area (Å²) in [5.41, 5.74) is 2.45. The molecule has 0 bridgehead atoms. The standard InChI is InChI=1S/C22H18N2O6/c1-22(2)29-20(27)16(21(28)30-22)11-24-18-10-12(6-7-15(18)19(25)26)13-4-3-5-17-14(13)8-9-23-17/h3-11,23-24H,1-2H3,(H,25,26). The van der Waals surface area contributed by atoms with Gasteiger partial charge in [-0.15, -0.1) is 0 Å². The average Bonchev–Trinajstić information content (AvgIpc) is 3.15. The van der Waals surface area contributed by atoms with E-state index in [-0.39, 0.29) is 16.8 Å². The smallest absolute Gasteiger partial charge is 0.350 e. The Morgan fingerprint density at radius 3 is 2.53 bits per heavy atom. The number of anilines is 1. The molecule has 2 heterocycles. The summed E-state index contributed by atoms with van der Waals surface area (Å²) in [7, 11) is 0. The summed E-state index contributed by atoms with van der Waals surface area (Å²) in [6.07, 6.45) is 2.92. The van der Waals surface area contributed by atoms with Gasteiger partial charge in [0.05, 0.1) is 11.3 Å². The van der Waals surface area contributed by atoms with Crippen LogP contribution in [0.1, 0.15) is 24.2 Å². The molecule has 1 aliphatic heterocycles. The van der Waals surface area contributed by atoms with Gasteiger partial charge in [0.15, 0.2) is 5.57 Å². The first-order chi connectivity index (χ1) is 14.2. The van der Waals surface area contributed by atoms with Crippen LogP contribution in [0.2, 0.25) is 0 Å². The van der Waals surface area contributed by atoms with Crippen LogP contribution in [-0.4, -0.2) is 33.8 Å². The van der Waals surface area contributed by atoms with Gasteiger partial charge >= 0.3 is 17.9 Å². The summed E-state index contributed by atoms with van der Waals surface area (Å²) >= 11 is 0. The molecule has 4 rings (SSSR count). The fourth-order valence-electron chi connectivity index (χ4n) is 3.28. The van der Waals surface area contributed by atoms with Crippen LogP contribution in [0.4, 0.5) is 5.69 Å². The highest BCUT2D eigenvalue weighted by Crippen LogP contribution is 2.32. The molecular formula is C22H18N2O6. The molecule has 0 radical (unpaired) electrons. The van der Waals surface area contributed by atoms with Gasteiger partial charge in [0.1, 0.15) is 0 Å². The van der Waals surface area contributed by atoms with Gasteiger partial charge in [-0.05, 0) is 35.4 Å². The third-order valence-corrected chi connectivity index (χ3v) is 4.64. The number of hydrogen-bond acceptors (Lipinski definition) is 6. The molecule has 0 aliphatic carbocycles. The normalized spacial score (nSPS) is 15.5. The molecule has 3 N–H and O–H groups in total. The molecule has 8 heteroatoms. The van der Waals surface area contributed by atoms with Gasteiger partial charge in [0.2, 0.25) is 0 Å². The van der Waals surface area contributed by atoms with Crippen molar-refractivity contribution in [2.24, 2.45) is 0 Å². The van der Waals surface area contributed by atoms with Crippen LogP contribution in [-0.2, 0) is 19.1 Å². The number of carboxylic acid groups (broad SMARTS) is 1. The number of carbonyl (C=O) groups is 3. The van der Waals surface area contributed by atoms with E-state index in [0.29, 0.717) is 0 Å². The Morgan fingerprint density at radius 2 is 1.83 bits per heavy atom. The second kappa shape index (κ2) is 7.07. The second-order valence-corrected chi connectivity index (χ2v) is 7.19. The van der Waals surface area contributed by atoms with Crippen LogP contribution in [0.3, 0.4) is 0 Å². The second-order valence-electron chi connectivity index (χ2n) is 7.19. The van der Waals surface area contributed by atoms with E-state index >= 15 is 0 Å². The molecule has 1 aliphatic rings. The SMILES string of the molecule is CC1(C)OC(=O)C(=CNc2cc(-c3cccc4[nH]ccc34)ccc2C(=O)O)C(=O)O1. The van der Waals surface area contributed by atoms with Crippen molar-refractivity contribution in [3.05, 3.63) is 66.0 Å². The highest BCUT2D eigenvalue weighted by molar-refractivity contribution is 6.15. The van der Waals surface area contributed by atoms with Crippen molar-refractivity contribution >= 4 is 34.5 Å². The highest BCUT2D eigenvalue weighted by Gasteiger charge is 2.39. The fourth-order valence-corrected chi connectivity index (χ4v) is 3.28. The van der Waals surface area contributed by atoms with E-state index in [2.05, 4.69) is 10.3 Å². The van der Waals surface area contributed by atoms with Crippen molar-refractivity contribution in [3.8, 4) is 11.1 Å². The lowest BCUT2D eigenvalue weighted by atomic mass is 9.99. The number of fused-ring (bicyclic) bond motifs is 1. The van der Waals surface area contributed by atoms with Gasteiger partial charge in [-0.3, -0.25) is 0 Å². The minimum absolute atomic E-state index is 0.0188. The number of esters is 2. The fraction of sp³-hybridized carbons (Fsp3) is 0.136. The molecule has 3 aromatic rings. The summed E-state index contributed by atoms with van der Waals surface area (Å²) in [6, 6.07) is 12.5. The monoisotopic (exact) mass is 406 g/mol. The number of benzene rings is 2. The number of aromatic amines is 1. The van der Waals surface area contributed by atoms with Gasteiger partial charge in [0, 0.05) is 37.1 Å². The number of cyclic esters (lactones) is 2. The number of aromatic nitrogens is 1. The zero-order valence-electron chi connectivity index (χ0n) is 16.2. The summed E-state index contributed by atoms with van der Waals surface area (Å²) in [5.74, 6) is -4.22. The maximum absolute atomic E-state index is 12.1. The number of ether oxygens (including phenoxy) is 2. The molecule has 2 aromatic carbocycles. The Balaban J connectivity index is 1.73. The van der Waals surface area contributed by atoms with Crippen molar-refractivity contribution in [3.63, 3.8) is 0 Å². The Hall–Kier alpha value is -4.07. The first kappa shape index (κ1) is 19.3. The number of carboxylic acids is 1. The predicted octanol–water partition coefficient (Wildman–Crippen LogP) is 3.67. The quantitative estimate of drug-likeness (QED) is 0.344. The van der Waals surface area contributed by atoms with Crippen molar-refractivity contribution < 1.29 is 29.0 Å². The molecule has 1 saturated heterocycles. The highest BCUT2D eigenvalue weighted by atomic mass is 16.7. The lowest BCUT2D eigenvalue weighted by molar-refractivity contribution is -0.222. The van der Waals surface area contributed by atoms with Crippen LogP contribution in [0.5, 0.6) is 0 Å². The van der Waals surface area contributed by atoms with Crippen molar-refractivity contribution in [2.75, 3.05) is 5.32 Å². The van der Waals surface area contributed by atoms with Gasteiger partial charge in [-0.2, -0.15) is 0 Å². The molecule has 0 saturated carbocycles. The van der Waals surface area contributed by atoms with Crippen LogP contribution in [0.25, 0.3) is 22.0 Å². The predicted molar refractivity (Wildman–Crippen MR) is 109 cm³/mol. The molecule has 30 heavy (non-hydrogen) atoms. The van der Waals surface area contributed by atoms with Crippen LogP contribution in [0, 0.1) is 0 Å². The zero-order valence-corrected chi connectivity index (χ0v) is 16.2.